The lowest BCUT2D eigenvalue weighted by Gasteiger charge is -2.38. The van der Waals surface area contributed by atoms with Gasteiger partial charge in [0.2, 0.25) is 0 Å². The molecule has 1 N–H and O–H groups in total. The zero-order valence-corrected chi connectivity index (χ0v) is 12.6. The first-order chi connectivity index (χ1) is 9.22. The fourth-order valence-corrected chi connectivity index (χ4v) is 3.06. The predicted molar refractivity (Wildman–Crippen MR) is 81.5 cm³/mol. The molecule has 2 heterocycles. The van der Waals surface area contributed by atoms with Crippen LogP contribution in [0.15, 0.2) is 18.2 Å². The average molecular weight is 301 g/mol. The lowest BCUT2D eigenvalue weighted by molar-refractivity contribution is 0.207. The van der Waals surface area contributed by atoms with Crippen molar-refractivity contribution in [3.63, 3.8) is 0 Å². The van der Waals surface area contributed by atoms with Gasteiger partial charge >= 0.3 is 0 Å². The molecule has 20 heavy (non-hydrogen) atoms. The predicted octanol–water partition coefficient (Wildman–Crippen LogP) is 2.83. The minimum atomic E-state index is -0.227. The monoisotopic (exact) mass is 300 g/mol. The molecular weight excluding hydrogens is 279 g/mol. The molecule has 3 nitrogen and oxygen atoms in total. The lowest BCUT2D eigenvalue weighted by Crippen LogP contribution is -2.43. The molecule has 5 heteroatoms. The number of hydrogen-bond acceptors (Lipinski definition) is 3. The van der Waals surface area contributed by atoms with Crippen LogP contribution in [-0.2, 0) is 0 Å². The van der Waals surface area contributed by atoms with Gasteiger partial charge in [0.25, 0.3) is 0 Å². The number of hydrogen-bond donors (Lipinski definition) is 1. The molecule has 3 rings (SSSR count). The number of halogens is 2. The third kappa shape index (κ3) is 3.36. The fraction of sp³-hybridized carbons (Fsp3) is 0.600. The summed E-state index contributed by atoms with van der Waals surface area (Å²) in [6.45, 7) is 6.21. The van der Waals surface area contributed by atoms with Crippen LogP contribution < -0.4 is 15.0 Å². The maximum absolute atomic E-state index is 13.3. The van der Waals surface area contributed by atoms with E-state index in [1.807, 2.05) is 13.0 Å². The van der Waals surface area contributed by atoms with Gasteiger partial charge in [-0.3, -0.25) is 0 Å². The number of piperidine rings is 1. The van der Waals surface area contributed by atoms with Gasteiger partial charge in [0, 0.05) is 12.6 Å². The Bertz CT molecular complexity index is 451. The molecular formula is C15H22ClFN2O. The van der Waals surface area contributed by atoms with Crippen molar-refractivity contribution in [3.8, 4) is 5.75 Å². The van der Waals surface area contributed by atoms with E-state index in [1.165, 1.54) is 25.0 Å². The molecule has 0 aromatic heterocycles. The van der Waals surface area contributed by atoms with E-state index in [2.05, 4.69) is 10.2 Å². The molecule has 1 saturated heterocycles. The lowest BCUT2D eigenvalue weighted by atomic mass is 9.97. The van der Waals surface area contributed by atoms with Crippen LogP contribution in [0.2, 0.25) is 0 Å². The highest BCUT2D eigenvalue weighted by molar-refractivity contribution is 5.85. The van der Waals surface area contributed by atoms with Crippen molar-refractivity contribution in [2.75, 3.05) is 31.1 Å². The van der Waals surface area contributed by atoms with Gasteiger partial charge in [-0.25, -0.2) is 4.39 Å². The van der Waals surface area contributed by atoms with Crippen LogP contribution in [0.25, 0.3) is 0 Å². The van der Waals surface area contributed by atoms with E-state index in [-0.39, 0.29) is 24.3 Å². The topological polar surface area (TPSA) is 24.5 Å². The molecule has 0 spiro atoms. The number of ether oxygens (including phenoxy) is 1. The maximum Gasteiger partial charge on any atom is 0.146 e. The summed E-state index contributed by atoms with van der Waals surface area (Å²) in [6.07, 6.45) is 2.57. The maximum atomic E-state index is 13.3. The summed E-state index contributed by atoms with van der Waals surface area (Å²) >= 11 is 0. The highest BCUT2D eigenvalue weighted by atomic mass is 35.5. The van der Waals surface area contributed by atoms with Crippen molar-refractivity contribution < 1.29 is 9.13 Å². The van der Waals surface area contributed by atoms with Crippen LogP contribution in [0.3, 0.4) is 0 Å². The molecule has 112 valence electrons. The molecule has 1 aromatic rings. The first-order valence-corrected chi connectivity index (χ1v) is 7.14. The molecule has 0 bridgehead atoms. The summed E-state index contributed by atoms with van der Waals surface area (Å²) in [6, 6.07) is 4.87. The molecule has 0 radical (unpaired) electrons. The van der Waals surface area contributed by atoms with E-state index >= 15 is 0 Å². The van der Waals surface area contributed by atoms with Crippen molar-refractivity contribution in [2.45, 2.75) is 25.9 Å². The van der Waals surface area contributed by atoms with E-state index in [0.29, 0.717) is 5.75 Å². The van der Waals surface area contributed by atoms with Gasteiger partial charge < -0.3 is 15.0 Å². The van der Waals surface area contributed by atoms with Crippen molar-refractivity contribution >= 4 is 18.1 Å². The molecule has 1 aromatic carbocycles. The molecule has 2 aliphatic rings. The first kappa shape index (κ1) is 15.4. The van der Waals surface area contributed by atoms with Crippen LogP contribution in [0, 0.1) is 11.7 Å². The Kier molecular flexibility index (Phi) is 5.11. The minimum Gasteiger partial charge on any atom is -0.487 e. The van der Waals surface area contributed by atoms with Crippen molar-refractivity contribution in [1.29, 1.82) is 0 Å². The number of anilines is 1. The van der Waals surface area contributed by atoms with Gasteiger partial charge in [-0.15, -0.1) is 12.4 Å². The van der Waals surface area contributed by atoms with E-state index in [4.69, 9.17) is 4.74 Å². The molecule has 1 unspecified atom stereocenters. The Morgan fingerprint density at radius 1 is 1.35 bits per heavy atom. The second-order valence-electron chi connectivity index (χ2n) is 5.64. The summed E-state index contributed by atoms with van der Waals surface area (Å²) in [7, 11) is 0. The SMILES string of the molecule is CC1CN(CC2CCNCC2)c2ccc(F)cc2O1.Cl. The van der Waals surface area contributed by atoms with Gasteiger partial charge in [-0.05, 0) is 50.9 Å². The Hall–Kier alpha value is -1.00. The van der Waals surface area contributed by atoms with Gasteiger partial charge in [0.15, 0.2) is 0 Å². The molecule has 0 amide bonds. The molecule has 0 aliphatic carbocycles. The molecule has 2 aliphatic heterocycles. The average Bonchev–Trinajstić information content (AvgIpc) is 2.39. The molecule has 1 atom stereocenters. The number of nitrogens with zero attached hydrogens (tertiary/aromatic N) is 1. The van der Waals surface area contributed by atoms with Crippen molar-refractivity contribution in [3.05, 3.63) is 24.0 Å². The van der Waals surface area contributed by atoms with Gasteiger partial charge in [-0.2, -0.15) is 0 Å². The summed E-state index contributed by atoms with van der Waals surface area (Å²) in [5, 5.41) is 3.39. The van der Waals surface area contributed by atoms with E-state index in [0.717, 1.165) is 37.8 Å². The van der Waals surface area contributed by atoms with Crippen LogP contribution in [0.1, 0.15) is 19.8 Å². The summed E-state index contributed by atoms with van der Waals surface area (Å²) in [5.41, 5.74) is 1.04. The van der Waals surface area contributed by atoms with E-state index in [1.54, 1.807) is 0 Å². The largest absolute Gasteiger partial charge is 0.487 e. The number of benzene rings is 1. The summed E-state index contributed by atoms with van der Waals surface area (Å²) in [4.78, 5) is 2.36. The Morgan fingerprint density at radius 3 is 2.85 bits per heavy atom. The Morgan fingerprint density at radius 2 is 2.10 bits per heavy atom. The highest BCUT2D eigenvalue weighted by Crippen LogP contribution is 2.35. The van der Waals surface area contributed by atoms with Crippen LogP contribution >= 0.6 is 12.4 Å². The molecule has 1 fully saturated rings. The Balaban J connectivity index is 0.00000147. The fourth-order valence-electron chi connectivity index (χ4n) is 3.06. The zero-order valence-electron chi connectivity index (χ0n) is 11.8. The normalized spacial score (nSPS) is 22.7. The third-order valence-electron chi connectivity index (χ3n) is 4.01. The van der Waals surface area contributed by atoms with Gasteiger partial charge in [0.05, 0.1) is 12.2 Å². The Labute approximate surface area is 125 Å². The van der Waals surface area contributed by atoms with Crippen molar-refractivity contribution in [1.82, 2.24) is 5.32 Å². The number of rotatable bonds is 2. The second-order valence-corrected chi connectivity index (χ2v) is 5.64. The summed E-state index contributed by atoms with van der Waals surface area (Å²) in [5.74, 6) is 1.19. The number of nitrogens with one attached hydrogen (secondary N) is 1. The van der Waals surface area contributed by atoms with E-state index < -0.39 is 0 Å². The smallest absolute Gasteiger partial charge is 0.146 e. The van der Waals surface area contributed by atoms with Crippen LogP contribution in [-0.4, -0.2) is 32.3 Å². The quantitative estimate of drug-likeness (QED) is 0.909. The zero-order chi connectivity index (χ0) is 13.2. The number of fused-ring (bicyclic) bond motifs is 1. The van der Waals surface area contributed by atoms with Crippen LogP contribution in [0.4, 0.5) is 10.1 Å². The second kappa shape index (κ2) is 6.64. The molecule has 0 saturated carbocycles. The minimum absolute atomic E-state index is 0. The standard InChI is InChI=1S/C15H21FN2O.ClH/c1-11-9-18(10-12-4-6-17-7-5-12)14-3-2-13(16)8-15(14)19-11;/h2-3,8,11-12,17H,4-7,9-10H2,1H3;1H. The van der Waals surface area contributed by atoms with Crippen LogP contribution in [0.5, 0.6) is 5.75 Å². The highest BCUT2D eigenvalue weighted by Gasteiger charge is 2.26. The van der Waals surface area contributed by atoms with Crippen molar-refractivity contribution in [2.24, 2.45) is 5.92 Å². The summed E-state index contributed by atoms with van der Waals surface area (Å²) < 4.78 is 19.0. The van der Waals surface area contributed by atoms with Gasteiger partial charge in [0.1, 0.15) is 17.7 Å². The first-order valence-electron chi connectivity index (χ1n) is 7.14. The van der Waals surface area contributed by atoms with E-state index in [9.17, 15) is 4.39 Å². The third-order valence-corrected chi connectivity index (χ3v) is 4.01. The van der Waals surface area contributed by atoms with Gasteiger partial charge in [-0.1, -0.05) is 0 Å².